The number of non-ortho nitro benzene ring substituents is 1. The SMILES string of the molecule is CCOC(=O)C1=C(CCC(OC(C)=O)c2ccccc2)NC(C)=C(C(=O)OC)C1c1cccc([N+](=O)[O-])c1. The van der Waals surface area contributed by atoms with Crippen LogP contribution in [0.3, 0.4) is 0 Å². The van der Waals surface area contributed by atoms with Crippen molar-refractivity contribution in [2.24, 2.45) is 0 Å². The number of nitrogens with zero attached hydrogens (tertiary/aromatic N) is 1. The Bertz CT molecular complexity index is 1280. The molecule has 1 heterocycles. The highest BCUT2D eigenvalue weighted by atomic mass is 16.6. The third-order valence-electron chi connectivity index (χ3n) is 6.10. The lowest BCUT2D eigenvalue weighted by atomic mass is 9.79. The van der Waals surface area contributed by atoms with Gasteiger partial charge in [0.15, 0.2) is 0 Å². The smallest absolute Gasteiger partial charge is 0.336 e. The molecule has 1 N–H and O–H groups in total. The predicted octanol–water partition coefficient (Wildman–Crippen LogP) is 4.63. The summed E-state index contributed by atoms with van der Waals surface area (Å²) in [7, 11) is 1.22. The summed E-state index contributed by atoms with van der Waals surface area (Å²) in [6.07, 6.45) is -0.0239. The van der Waals surface area contributed by atoms with Crippen LogP contribution in [-0.4, -0.2) is 36.5 Å². The second kappa shape index (κ2) is 12.7. The molecule has 0 bridgehead atoms. The maximum Gasteiger partial charge on any atom is 0.336 e. The number of carbonyl (C=O) groups excluding carboxylic acids is 3. The number of nitro groups is 1. The minimum absolute atomic E-state index is 0.0770. The van der Waals surface area contributed by atoms with Crippen molar-refractivity contribution < 1.29 is 33.5 Å². The summed E-state index contributed by atoms with van der Waals surface area (Å²) < 4.78 is 15.9. The van der Waals surface area contributed by atoms with Crippen molar-refractivity contribution in [1.82, 2.24) is 5.32 Å². The molecule has 3 rings (SSSR count). The molecule has 10 nitrogen and oxygen atoms in total. The van der Waals surface area contributed by atoms with Gasteiger partial charge in [0.1, 0.15) is 6.10 Å². The van der Waals surface area contributed by atoms with Crippen LogP contribution in [0.4, 0.5) is 5.69 Å². The number of nitrogens with one attached hydrogen (secondary N) is 1. The lowest BCUT2D eigenvalue weighted by Gasteiger charge is -2.32. The monoisotopic (exact) mass is 522 g/mol. The summed E-state index contributed by atoms with van der Waals surface area (Å²) >= 11 is 0. The molecule has 0 saturated carbocycles. The third kappa shape index (κ3) is 6.44. The molecular weight excluding hydrogens is 492 g/mol. The third-order valence-corrected chi connectivity index (χ3v) is 6.10. The van der Waals surface area contributed by atoms with E-state index in [1.165, 1.54) is 32.2 Å². The van der Waals surface area contributed by atoms with Crippen molar-refractivity contribution in [2.75, 3.05) is 13.7 Å². The summed E-state index contributed by atoms with van der Waals surface area (Å²) in [5.74, 6) is -2.80. The minimum Gasteiger partial charge on any atom is -0.466 e. The Kier molecular flexibility index (Phi) is 9.37. The van der Waals surface area contributed by atoms with E-state index in [0.717, 1.165) is 5.56 Å². The van der Waals surface area contributed by atoms with Crippen molar-refractivity contribution in [3.8, 4) is 0 Å². The van der Waals surface area contributed by atoms with Gasteiger partial charge in [-0.1, -0.05) is 42.5 Å². The Morgan fingerprint density at radius 2 is 1.76 bits per heavy atom. The van der Waals surface area contributed by atoms with E-state index in [0.29, 0.717) is 23.4 Å². The number of benzene rings is 2. The Hall–Kier alpha value is -4.47. The van der Waals surface area contributed by atoms with Crippen molar-refractivity contribution in [2.45, 2.75) is 45.6 Å². The van der Waals surface area contributed by atoms with Crippen LogP contribution >= 0.6 is 0 Å². The summed E-state index contributed by atoms with van der Waals surface area (Å²) in [5, 5.41) is 14.7. The fourth-order valence-corrected chi connectivity index (χ4v) is 4.51. The van der Waals surface area contributed by atoms with Crippen LogP contribution in [0.5, 0.6) is 0 Å². The first-order chi connectivity index (χ1) is 18.2. The van der Waals surface area contributed by atoms with Crippen LogP contribution in [0.2, 0.25) is 0 Å². The first-order valence-electron chi connectivity index (χ1n) is 12.1. The molecule has 0 aliphatic carbocycles. The number of carbonyl (C=O) groups is 3. The van der Waals surface area contributed by atoms with E-state index in [4.69, 9.17) is 14.2 Å². The normalized spacial score (nSPS) is 15.8. The molecule has 0 fully saturated rings. The second-order valence-electron chi connectivity index (χ2n) is 8.60. The highest BCUT2D eigenvalue weighted by Gasteiger charge is 2.39. The summed E-state index contributed by atoms with van der Waals surface area (Å²) in [5.41, 5.74) is 2.12. The first-order valence-corrected chi connectivity index (χ1v) is 12.1. The molecule has 0 spiro atoms. The lowest BCUT2D eigenvalue weighted by molar-refractivity contribution is -0.384. The van der Waals surface area contributed by atoms with E-state index < -0.39 is 34.9 Å². The number of rotatable bonds is 10. The standard InChI is InChI=1S/C28H30N2O8/c1-5-37-28(33)26-22(14-15-23(38-18(3)31)19-10-7-6-8-11-19)29-17(2)24(27(32)36-4)25(26)20-12-9-13-21(16-20)30(34)35/h6-13,16,23,25,29H,5,14-15H2,1-4H3. The largest absolute Gasteiger partial charge is 0.466 e. The van der Waals surface area contributed by atoms with Crippen LogP contribution in [-0.2, 0) is 28.6 Å². The van der Waals surface area contributed by atoms with E-state index in [1.54, 1.807) is 19.9 Å². The fraction of sp³-hybridized carbons (Fsp3) is 0.321. The number of methoxy groups -OCH3 is 1. The molecule has 0 aromatic heterocycles. The lowest BCUT2D eigenvalue weighted by Crippen LogP contribution is -2.33. The van der Waals surface area contributed by atoms with Gasteiger partial charge in [-0.25, -0.2) is 9.59 Å². The van der Waals surface area contributed by atoms with Gasteiger partial charge in [0.25, 0.3) is 5.69 Å². The van der Waals surface area contributed by atoms with Crippen molar-refractivity contribution in [3.63, 3.8) is 0 Å². The van der Waals surface area contributed by atoms with E-state index in [2.05, 4.69) is 5.32 Å². The van der Waals surface area contributed by atoms with Gasteiger partial charge in [0.05, 0.1) is 35.7 Å². The summed E-state index contributed by atoms with van der Waals surface area (Å²) in [6, 6.07) is 15.0. The Morgan fingerprint density at radius 3 is 2.37 bits per heavy atom. The highest BCUT2D eigenvalue weighted by molar-refractivity contribution is 6.00. The Balaban J connectivity index is 2.14. The minimum atomic E-state index is -0.985. The zero-order valence-corrected chi connectivity index (χ0v) is 21.7. The van der Waals surface area contributed by atoms with Gasteiger partial charge in [-0.05, 0) is 37.8 Å². The predicted molar refractivity (Wildman–Crippen MR) is 138 cm³/mol. The van der Waals surface area contributed by atoms with Crippen LogP contribution in [0.25, 0.3) is 0 Å². The second-order valence-corrected chi connectivity index (χ2v) is 8.60. The number of allylic oxidation sites excluding steroid dienone is 2. The number of ether oxygens (including phenoxy) is 3. The van der Waals surface area contributed by atoms with Crippen molar-refractivity contribution in [3.05, 3.63) is 98.4 Å². The van der Waals surface area contributed by atoms with E-state index in [1.807, 2.05) is 30.3 Å². The van der Waals surface area contributed by atoms with E-state index in [-0.39, 0.29) is 29.9 Å². The van der Waals surface area contributed by atoms with Crippen LogP contribution < -0.4 is 5.32 Å². The molecule has 200 valence electrons. The van der Waals surface area contributed by atoms with Gasteiger partial charge in [-0.15, -0.1) is 0 Å². The van der Waals surface area contributed by atoms with Crippen LogP contribution in [0.1, 0.15) is 56.8 Å². The molecule has 0 radical (unpaired) electrons. The van der Waals surface area contributed by atoms with Gasteiger partial charge >= 0.3 is 17.9 Å². The Labute approximate surface area is 220 Å². The molecule has 2 aromatic rings. The number of dihydropyridines is 1. The maximum atomic E-state index is 13.4. The van der Waals surface area contributed by atoms with E-state index >= 15 is 0 Å². The van der Waals surface area contributed by atoms with Gasteiger partial charge in [-0.2, -0.15) is 0 Å². The quantitative estimate of drug-likeness (QED) is 0.205. The fourth-order valence-electron chi connectivity index (χ4n) is 4.51. The molecule has 1 aliphatic heterocycles. The van der Waals surface area contributed by atoms with E-state index in [9.17, 15) is 24.5 Å². The average Bonchev–Trinajstić information content (AvgIpc) is 2.90. The summed E-state index contributed by atoms with van der Waals surface area (Å²) in [4.78, 5) is 49.0. The van der Waals surface area contributed by atoms with Crippen molar-refractivity contribution in [1.29, 1.82) is 0 Å². The molecular formula is C28H30N2O8. The molecule has 0 saturated heterocycles. The number of esters is 3. The number of hydrogen-bond acceptors (Lipinski definition) is 9. The molecule has 2 atom stereocenters. The van der Waals surface area contributed by atoms with Gasteiger partial charge in [-0.3, -0.25) is 14.9 Å². The first kappa shape index (κ1) is 28.1. The molecule has 38 heavy (non-hydrogen) atoms. The van der Waals surface area contributed by atoms with Crippen LogP contribution in [0.15, 0.2) is 77.1 Å². The maximum absolute atomic E-state index is 13.4. The van der Waals surface area contributed by atoms with Gasteiger partial charge in [0, 0.05) is 30.5 Å². The molecule has 1 aliphatic rings. The topological polar surface area (TPSA) is 134 Å². The summed E-state index contributed by atoms with van der Waals surface area (Å²) in [6.45, 7) is 4.73. The Morgan fingerprint density at radius 1 is 1.05 bits per heavy atom. The molecule has 2 aromatic carbocycles. The van der Waals surface area contributed by atoms with Gasteiger partial charge < -0.3 is 19.5 Å². The number of hydrogen-bond donors (Lipinski definition) is 1. The van der Waals surface area contributed by atoms with Gasteiger partial charge in [0.2, 0.25) is 0 Å². The molecule has 10 heteroatoms. The molecule has 0 amide bonds. The average molecular weight is 523 g/mol. The zero-order chi connectivity index (χ0) is 27.8. The zero-order valence-electron chi connectivity index (χ0n) is 21.7. The molecule has 2 unspecified atom stereocenters. The number of nitro benzene ring substituents is 1. The van der Waals surface area contributed by atoms with Crippen LogP contribution in [0, 0.1) is 10.1 Å². The highest BCUT2D eigenvalue weighted by Crippen LogP contribution is 2.41. The van der Waals surface area contributed by atoms with Crippen molar-refractivity contribution >= 4 is 23.6 Å².